The normalized spacial score (nSPS) is 18.2. The molecule has 23 heavy (non-hydrogen) atoms. The van der Waals surface area contributed by atoms with Crippen LogP contribution in [0.1, 0.15) is 38.3 Å². The molecular formula is C16H23N7. The minimum atomic E-state index is 0.306. The van der Waals surface area contributed by atoms with Crippen molar-refractivity contribution in [2.45, 2.75) is 38.6 Å². The fourth-order valence-corrected chi connectivity index (χ4v) is 2.82. The summed E-state index contributed by atoms with van der Waals surface area (Å²) >= 11 is 0. The molecule has 1 aliphatic heterocycles. The molecule has 0 radical (unpaired) electrons. The molecule has 7 nitrogen and oxygen atoms in total. The molecule has 3 rings (SSSR count). The zero-order valence-electron chi connectivity index (χ0n) is 13.6. The van der Waals surface area contributed by atoms with Crippen molar-refractivity contribution in [1.82, 2.24) is 19.9 Å². The van der Waals surface area contributed by atoms with Crippen LogP contribution in [0.2, 0.25) is 0 Å². The highest BCUT2D eigenvalue weighted by molar-refractivity contribution is 5.44. The van der Waals surface area contributed by atoms with Gasteiger partial charge in [0.15, 0.2) is 0 Å². The lowest BCUT2D eigenvalue weighted by Gasteiger charge is -2.34. The van der Waals surface area contributed by atoms with Crippen molar-refractivity contribution < 1.29 is 0 Å². The quantitative estimate of drug-likeness (QED) is 0.892. The van der Waals surface area contributed by atoms with E-state index in [1.807, 2.05) is 12.3 Å². The number of rotatable bonds is 4. The highest BCUT2D eigenvalue weighted by Gasteiger charge is 2.21. The monoisotopic (exact) mass is 313 g/mol. The fourth-order valence-electron chi connectivity index (χ4n) is 2.82. The summed E-state index contributed by atoms with van der Waals surface area (Å²) in [6, 6.07) is 2.29. The molecule has 122 valence electrons. The van der Waals surface area contributed by atoms with Gasteiger partial charge < -0.3 is 16.0 Å². The Morgan fingerprint density at radius 1 is 1.30 bits per heavy atom. The molecule has 1 fully saturated rings. The van der Waals surface area contributed by atoms with Gasteiger partial charge in [-0.3, -0.25) is 4.98 Å². The molecule has 7 heteroatoms. The Balaban J connectivity index is 1.70. The van der Waals surface area contributed by atoms with Crippen LogP contribution in [-0.4, -0.2) is 39.1 Å². The van der Waals surface area contributed by atoms with E-state index in [4.69, 9.17) is 5.73 Å². The average Bonchev–Trinajstić information content (AvgIpc) is 2.55. The summed E-state index contributed by atoms with van der Waals surface area (Å²) in [4.78, 5) is 19.4. The molecule has 0 saturated carbocycles. The number of nitrogens with one attached hydrogen (secondary N) is 1. The molecular weight excluding hydrogens is 290 g/mol. The van der Waals surface area contributed by atoms with Crippen molar-refractivity contribution in [1.29, 1.82) is 0 Å². The number of hydrogen-bond acceptors (Lipinski definition) is 7. The predicted octanol–water partition coefficient (Wildman–Crippen LogP) is 2.05. The summed E-state index contributed by atoms with van der Waals surface area (Å²) in [5, 5.41) is 3.50. The second-order valence-corrected chi connectivity index (χ2v) is 6.18. The number of aromatic nitrogens is 4. The Bertz CT molecular complexity index is 644. The van der Waals surface area contributed by atoms with Crippen molar-refractivity contribution in [2.24, 2.45) is 0 Å². The van der Waals surface area contributed by atoms with Gasteiger partial charge in [-0.25, -0.2) is 9.97 Å². The van der Waals surface area contributed by atoms with Gasteiger partial charge in [0.25, 0.3) is 0 Å². The maximum atomic E-state index is 5.83. The number of piperidine rings is 1. The largest absolute Gasteiger partial charge is 0.368 e. The van der Waals surface area contributed by atoms with Gasteiger partial charge in [0, 0.05) is 37.6 Å². The molecule has 0 bridgehead atoms. The van der Waals surface area contributed by atoms with Crippen LogP contribution in [0.15, 0.2) is 24.7 Å². The van der Waals surface area contributed by atoms with E-state index < -0.39 is 0 Å². The maximum Gasteiger partial charge on any atom is 0.222 e. The van der Waals surface area contributed by atoms with Crippen molar-refractivity contribution in [3.05, 3.63) is 30.4 Å². The summed E-state index contributed by atoms with van der Waals surface area (Å²) in [6.07, 6.45) is 7.43. The molecule has 1 atom stereocenters. The Hall–Kier alpha value is -2.44. The first kappa shape index (κ1) is 15.5. The highest BCUT2D eigenvalue weighted by Crippen LogP contribution is 2.21. The predicted molar refractivity (Wildman–Crippen MR) is 91.4 cm³/mol. The molecule has 1 saturated heterocycles. The summed E-state index contributed by atoms with van der Waals surface area (Å²) in [5.74, 6) is 2.36. The molecule has 2 aromatic heterocycles. The second-order valence-electron chi connectivity index (χ2n) is 6.18. The Kier molecular flexibility index (Phi) is 4.55. The van der Waals surface area contributed by atoms with Crippen molar-refractivity contribution >= 4 is 17.6 Å². The Morgan fingerprint density at radius 3 is 2.91 bits per heavy atom. The number of nitrogens with zero attached hydrogens (tertiary/aromatic N) is 5. The summed E-state index contributed by atoms with van der Waals surface area (Å²) in [6.45, 7) is 6.07. The first-order valence-electron chi connectivity index (χ1n) is 8.04. The third kappa shape index (κ3) is 3.85. The molecule has 3 N–H and O–H groups in total. The van der Waals surface area contributed by atoms with E-state index in [0.717, 1.165) is 43.3 Å². The molecule has 0 aliphatic carbocycles. The smallest absolute Gasteiger partial charge is 0.222 e. The van der Waals surface area contributed by atoms with E-state index in [1.54, 1.807) is 12.4 Å². The first-order chi connectivity index (χ1) is 11.1. The average molecular weight is 313 g/mol. The first-order valence-corrected chi connectivity index (χ1v) is 8.04. The van der Waals surface area contributed by atoms with Crippen LogP contribution in [0.3, 0.4) is 0 Å². The van der Waals surface area contributed by atoms with E-state index in [-0.39, 0.29) is 0 Å². The molecule has 0 aromatic carbocycles. The van der Waals surface area contributed by atoms with Crippen molar-refractivity contribution in [3.63, 3.8) is 0 Å². The minimum absolute atomic E-state index is 0.306. The highest BCUT2D eigenvalue weighted by atomic mass is 15.2. The maximum absolute atomic E-state index is 5.83. The summed E-state index contributed by atoms with van der Waals surface area (Å²) in [5.41, 5.74) is 6.79. The van der Waals surface area contributed by atoms with E-state index >= 15 is 0 Å². The third-order valence-electron chi connectivity index (χ3n) is 4.00. The van der Waals surface area contributed by atoms with Gasteiger partial charge >= 0.3 is 0 Å². The van der Waals surface area contributed by atoms with Crippen LogP contribution >= 0.6 is 0 Å². The van der Waals surface area contributed by atoms with Gasteiger partial charge in [0.2, 0.25) is 5.95 Å². The van der Waals surface area contributed by atoms with Gasteiger partial charge in [-0.15, -0.1) is 0 Å². The summed E-state index contributed by atoms with van der Waals surface area (Å²) < 4.78 is 0. The topological polar surface area (TPSA) is 92.8 Å². The summed E-state index contributed by atoms with van der Waals surface area (Å²) in [7, 11) is 0. The Labute approximate surface area is 136 Å². The van der Waals surface area contributed by atoms with Crippen LogP contribution < -0.4 is 16.0 Å². The lowest BCUT2D eigenvalue weighted by Crippen LogP contribution is -2.42. The molecule has 1 unspecified atom stereocenters. The third-order valence-corrected chi connectivity index (χ3v) is 4.00. The van der Waals surface area contributed by atoms with E-state index in [9.17, 15) is 0 Å². The lowest BCUT2D eigenvalue weighted by molar-refractivity contribution is 0.525. The van der Waals surface area contributed by atoms with Crippen LogP contribution in [0.25, 0.3) is 0 Å². The minimum Gasteiger partial charge on any atom is -0.368 e. The van der Waals surface area contributed by atoms with Crippen molar-refractivity contribution in [3.8, 4) is 0 Å². The second kappa shape index (κ2) is 6.76. The van der Waals surface area contributed by atoms with E-state index in [0.29, 0.717) is 17.9 Å². The van der Waals surface area contributed by atoms with Gasteiger partial charge in [0.05, 0.1) is 11.9 Å². The number of nitrogens with two attached hydrogens (primary N) is 1. The standard InChI is InChI=1S/C16H23N7/c1-11(2)13-8-14(22-16(17)21-13)20-12-4-3-7-23(10-12)15-9-18-5-6-19-15/h5-6,8-9,11-12H,3-4,7,10H2,1-2H3,(H3,17,20,21,22). The van der Waals surface area contributed by atoms with Gasteiger partial charge in [-0.2, -0.15) is 4.98 Å². The van der Waals surface area contributed by atoms with E-state index in [1.165, 1.54) is 0 Å². The van der Waals surface area contributed by atoms with E-state index in [2.05, 4.69) is 44.0 Å². The SMILES string of the molecule is CC(C)c1cc(NC2CCCN(c3cnccn3)C2)nc(N)n1. The molecule has 1 aliphatic rings. The molecule has 2 aromatic rings. The number of hydrogen-bond donors (Lipinski definition) is 2. The molecule has 3 heterocycles. The zero-order valence-corrected chi connectivity index (χ0v) is 13.6. The van der Waals surface area contributed by atoms with Gasteiger partial charge in [0.1, 0.15) is 11.6 Å². The van der Waals surface area contributed by atoms with Crippen molar-refractivity contribution in [2.75, 3.05) is 29.0 Å². The van der Waals surface area contributed by atoms with Crippen LogP contribution in [0, 0.1) is 0 Å². The molecule has 0 spiro atoms. The number of anilines is 3. The van der Waals surface area contributed by atoms with Gasteiger partial charge in [-0.1, -0.05) is 13.8 Å². The van der Waals surface area contributed by atoms with Gasteiger partial charge in [-0.05, 0) is 18.8 Å². The Morgan fingerprint density at radius 2 is 2.17 bits per heavy atom. The lowest BCUT2D eigenvalue weighted by atomic mass is 10.1. The molecule has 0 amide bonds. The number of nitrogen functional groups attached to an aromatic ring is 1. The van der Waals surface area contributed by atoms with Crippen LogP contribution in [-0.2, 0) is 0 Å². The fraction of sp³-hybridized carbons (Fsp3) is 0.500. The van der Waals surface area contributed by atoms with Crippen LogP contribution in [0.5, 0.6) is 0 Å². The zero-order chi connectivity index (χ0) is 16.2. The van der Waals surface area contributed by atoms with Crippen LogP contribution in [0.4, 0.5) is 17.6 Å².